The molecule has 5 nitrogen and oxygen atoms in total. The van der Waals surface area contributed by atoms with Crippen LogP contribution in [0.5, 0.6) is 0 Å². The first-order valence-corrected chi connectivity index (χ1v) is 10.1. The molecule has 1 aliphatic carbocycles. The number of urea groups is 1. The van der Waals surface area contributed by atoms with Gasteiger partial charge in [-0.2, -0.15) is 0 Å². The van der Waals surface area contributed by atoms with E-state index >= 15 is 0 Å². The molecule has 2 N–H and O–H groups in total. The summed E-state index contributed by atoms with van der Waals surface area (Å²) in [5.74, 6) is 1.17. The summed E-state index contributed by atoms with van der Waals surface area (Å²) < 4.78 is 11.7. The molecule has 0 unspecified atom stereocenters. The molecular formula is C17H35N3O2S. The van der Waals surface area contributed by atoms with Crippen molar-refractivity contribution < 1.29 is 9.00 Å². The third-order valence-corrected chi connectivity index (χ3v) is 6.53. The highest BCUT2D eigenvalue weighted by Gasteiger charge is 2.25. The molecule has 136 valence electrons. The van der Waals surface area contributed by atoms with E-state index in [0.717, 1.165) is 0 Å². The molecule has 0 bridgehead atoms. The summed E-state index contributed by atoms with van der Waals surface area (Å²) in [6, 6.07) is 0.239. The summed E-state index contributed by atoms with van der Waals surface area (Å²) in [7, 11) is 3.25. The SMILES string of the molecule is CN(C)[C@H](CNC(=O)NCC[S@](=O)C(C)(C)C)C1CCCCC1. The van der Waals surface area contributed by atoms with Gasteiger partial charge in [0.2, 0.25) is 0 Å². The van der Waals surface area contributed by atoms with Crippen LogP contribution in [0, 0.1) is 5.92 Å². The molecule has 2 amide bonds. The summed E-state index contributed by atoms with van der Waals surface area (Å²) in [5.41, 5.74) is 0. The Bertz CT molecular complexity index is 388. The molecule has 0 aromatic rings. The molecule has 1 fully saturated rings. The number of carbonyl (C=O) groups is 1. The Morgan fingerprint density at radius 2 is 1.78 bits per heavy atom. The van der Waals surface area contributed by atoms with Crippen LogP contribution in [0.25, 0.3) is 0 Å². The quantitative estimate of drug-likeness (QED) is 0.744. The molecule has 1 aliphatic rings. The summed E-state index contributed by atoms with van der Waals surface area (Å²) in [5, 5.41) is 5.80. The van der Waals surface area contributed by atoms with Crippen molar-refractivity contribution >= 4 is 16.8 Å². The lowest BCUT2D eigenvalue weighted by Gasteiger charge is -2.35. The number of rotatable bonds is 7. The van der Waals surface area contributed by atoms with Gasteiger partial charge in [0.25, 0.3) is 0 Å². The number of amides is 2. The average Bonchev–Trinajstić information content (AvgIpc) is 2.47. The largest absolute Gasteiger partial charge is 0.337 e. The van der Waals surface area contributed by atoms with Gasteiger partial charge in [0, 0.05) is 40.4 Å². The third kappa shape index (κ3) is 7.66. The van der Waals surface area contributed by atoms with Gasteiger partial charge in [-0.05, 0) is 53.6 Å². The van der Waals surface area contributed by atoms with Gasteiger partial charge in [-0.1, -0.05) is 19.3 Å². The molecule has 0 spiro atoms. The third-order valence-electron chi connectivity index (χ3n) is 4.59. The van der Waals surface area contributed by atoms with Crippen molar-refractivity contribution in [3.05, 3.63) is 0 Å². The van der Waals surface area contributed by atoms with Crippen LogP contribution in [0.15, 0.2) is 0 Å². The molecule has 0 aromatic heterocycles. The second-order valence-electron chi connectivity index (χ2n) is 7.73. The van der Waals surface area contributed by atoms with E-state index in [1.807, 2.05) is 20.8 Å². The van der Waals surface area contributed by atoms with E-state index in [2.05, 4.69) is 29.6 Å². The number of nitrogens with zero attached hydrogens (tertiary/aromatic N) is 1. The lowest BCUT2D eigenvalue weighted by atomic mass is 9.83. The summed E-state index contributed by atoms with van der Waals surface area (Å²) in [4.78, 5) is 14.2. The average molecular weight is 346 g/mol. The Kier molecular flexibility index (Phi) is 8.54. The number of likely N-dealkylation sites (N-methyl/N-ethyl adjacent to an activating group) is 1. The Labute approximate surface area is 144 Å². The topological polar surface area (TPSA) is 61.4 Å². The van der Waals surface area contributed by atoms with Crippen LogP contribution in [-0.2, 0) is 10.8 Å². The van der Waals surface area contributed by atoms with Crippen LogP contribution in [0.4, 0.5) is 4.79 Å². The molecule has 0 radical (unpaired) electrons. The van der Waals surface area contributed by atoms with Gasteiger partial charge in [-0.25, -0.2) is 4.79 Å². The maximum Gasteiger partial charge on any atom is 0.314 e. The van der Waals surface area contributed by atoms with E-state index in [-0.39, 0.29) is 10.8 Å². The van der Waals surface area contributed by atoms with Crippen molar-refractivity contribution in [3.63, 3.8) is 0 Å². The zero-order chi connectivity index (χ0) is 17.5. The fourth-order valence-electron chi connectivity index (χ4n) is 3.11. The fourth-order valence-corrected chi connectivity index (χ4v) is 4.01. The van der Waals surface area contributed by atoms with Gasteiger partial charge in [0.15, 0.2) is 0 Å². The smallest absolute Gasteiger partial charge is 0.314 e. The molecule has 23 heavy (non-hydrogen) atoms. The second kappa shape index (κ2) is 9.62. The van der Waals surface area contributed by atoms with E-state index in [1.54, 1.807) is 0 Å². The van der Waals surface area contributed by atoms with Crippen molar-refractivity contribution in [2.24, 2.45) is 5.92 Å². The monoisotopic (exact) mass is 345 g/mol. The minimum atomic E-state index is -0.928. The molecule has 2 atom stereocenters. The van der Waals surface area contributed by atoms with Gasteiger partial charge in [0.05, 0.1) is 0 Å². The first-order valence-electron chi connectivity index (χ1n) is 8.78. The van der Waals surface area contributed by atoms with Gasteiger partial charge in [-0.3, -0.25) is 4.21 Å². The van der Waals surface area contributed by atoms with Crippen LogP contribution < -0.4 is 10.6 Å². The maximum absolute atomic E-state index is 11.9. The van der Waals surface area contributed by atoms with Gasteiger partial charge in [0.1, 0.15) is 0 Å². The van der Waals surface area contributed by atoms with E-state index in [0.29, 0.717) is 30.8 Å². The Balaban J connectivity index is 2.31. The van der Waals surface area contributed by atoms with Crippen molar-refractivity contribution in [3.8, 4) is 0 Å². The Morgan fingerprint density at radius 3 is 2.30 bits per heavy atom. The Morgan fingerprint density at radius 1 is 1.17 bits per heavy atom. The zero-order valence-corrected chi connectivity index (χ0v) is 16.3. The summed E-state index contributed by atoms with van der Waals surface area (Å²) in [6.45, 7) is 6.98. The number of nitrogens with one attached hydrogen (secondary N) is 2. The fraction of sp³-hybridized carbons (Fsp3) is 0.941. The molecule has 0 saturated heterocycles. The number of hydrogen-bond acceptors (Lipinski definition) is 3. The zero-order valence-electron chi connectivity index (χ0n) is 15.5. The predicted octanol–water partition coefficient (Wildman–Crippen LogP) is 2.34. The number of carbonyl (C=O) groups excluding carboxylic acids is 1. The highest BCUT2D eigenvalue weighted by Crippen LogP contribution is 2.27. The lowest BCUT2D eigenvalue weighted by molar-refractivity contribution is 0.166. The van der Waals surface area contributed by atoms with Crippen molar-refractivity contribution in [2.75, 3.05) is 32.9 Å². The van der Waals surface area contributed by atoms with Crippen LogP contribution in [0.3, 0.4) is 0 Å². The second-order valence-corrected chi connectivity index (χ2v) is 10.1. The lowest BCUT2D eigenvalue weighted by Crippen LogP contribution is -2.48. The van der Waals surface area contributed by atoms with Crippen LogP contribution in [-0.4, -0.2) is 58.9 Å². The predicted molar refractivity (Wildman–Crippen MR) is 98.2 cm³/mol. The standard InChI is InChI=1S/C17H35N3O2S/c1-17(2,3)23(22)12-11-18-16(21)19-13-15(20(4)5)14-9-7-6-8-10-14/h14-15H,6-13H2,1-5H3,(H2,18,19,21)/t15-,23+/m1/s1. The van der Waals surface area contributed by atoms with Crippen molar-refractivity contribution in [1.29, 1.82) is 0 Å². The number of hydrogen-bond donors (Lipinski definition) is 2. The minimum Gasteiger partial charge on any atom is -0.337 e. The molecular weight excluding hydrogens is 310 g/mol. The van der Waals surface area contributed by atoms with Crippen molar-refractivity contribution in [1.82, 2.24) is 15.5 Å². The van der Waals surface area contributed by atoms with Crippen LogP contribution in [0.2, 0.25) is 0 Å². The first kappa shape index (κ1) is 20.4. The van der Waals surface area contributed by atoms with E-state index < -0.39 is 10.8 Å². The van der Waals surface area contributed by atoms with Gasteiger partial charge in [-0.15, -0.1) is 0 Å². The van der Waals surface area contributed by atoms with Crippen LogP contribution in [0.1, 0.15) is 52.9 Å². The highest BCUT2D eigenvalue weighted by molar-refractivity contribution is 7.86. The molecule has 1 saturated carbocycles. The van der Waals surface area contributed by atoms with Gasteiger partial charge < -0.3 is 15.5 Å². The summed E-state index contributed by atoms with van der Waals surface area (Å²) >= 11 is 0. The molecule has 6 heteroatoms. The first-order chi connectivity index (χ1) is 10.7. The molecule has 1 rings (SSSR count). The minimum absolute atomic E-state index is 0.154. The van der Waals surface area contributed by atoms with E-state index in [9.17, 15) is 9.00 Å². The Hall–Kier alpha value is -0.620. The van der Waals surface area contributed by atoms with Crippen molar-refractivity contribution in [2.45, 2.75) is 63.7 Å². The molecule has 0 heterocycles. The van der Waals surface area contributed by atoms with E-state index in [4.69, 9.17) is 0 Å². The molecule has 0 aromatic carbocycles. The molecule has 0 aliphatic heterocycles. The normalized spacial score (nSPS) is 19.4. The summed E-state index contributed by atoms with van der Waals surface area (Å²) in [6.07, 6.45) is 6.47. The van der Waals surface area contributed by atoms with Gasteiger partial charge >= 0.3 is 6.03 Å². The maximum atomic E-state index is 11.9. The highest BCUT2D eigenvalue weighted by atomic mass is 32.2. The van der Waals surface area contributed by atoms with Crippen LogP contribution >= 0.6 is 0 Å². The van der Waals surface area contributed by atoms with E-state index in [1.165, 1.54) is 32.1 Å².